The Kier molecular flexibility index (Phi) is 4.98. The summed E-state index contributed by atoms with van der Waals surface area (Å²) in [5, 5.41) is 8.79. The fourth-order valence-electron chi connectivity index (χ4n) is 2.29. The first-order chi connectivity index (χ1) is 9.70. The van der Waals surface area contributed by atoms with Gasteiger partial charge in [-0.05, 0) is 43.5 Å². The minimum absolute atomic E-state index is 0.0394. The van der Waals surface area contributed by atoms with E-state index in [-0.39, 0.29) is 11.8 Å². The average molecular weight is 275 g/mol. The molecule has 0 spiro atoms. The van der Waals surface area contributed by atoms with Gasteiger partial charge in [0.2, 0.25) is 5.91 Å². The molecule has 0 bridgehead atoms. The maximum atomic E-state index is 12.0. The molecule has 1 aromatic carbocycles. The van der Waals surface area contributed by atoms with Crippen LogP contribution in [0.3, 0.4) is 0 Å². The quantitative estimate of drug-likeness (QED) is 0.758. The van der Waals surface area contributed by atoms with Gasteiger partial charge in [-0.2, -0.15) is 0 Å². The summed E-state index contributed by atoms with van der Waals surface area (Å²) in [6.45, 7) is 3.84. The number of amides is 2. The second-order valence-corrected chi connectivity index (χ2v) is 4.86. The molecule has 0 aromatic heterocycles. The zero-order valence-electron chi connectivity index (χ0n) is 11.8. The van der Waals surface area contributed by atoms with Gasteiger partial charge >= 0.3 is 0 Å². The monoisotopic (exact) mass is 275 g/mol. The predicted molar refractivity (Wildman–Crippen MR) is 78.9 cm³/mol. The second kappa shape index (κ2) is 6.93. The molecule has 0 atom stereocenters. The summed E-state index contributed by atoms with van der Waals surface area (Å²) in [5.74, 6) is -0.162. The van der Waals surface area contributed by atoms with E-state index in [1.165, 1.54) is 5.56 Å². The second-order valence-electron chi connectivity index (χ2n) is 4.86. The van der Waals surface area contributed by atoms with Crippen LogP contribution >= 0.6 is 0 Å². The van der Waals surface area contributed by atoms with Gasteiger partial charge in [-0.1, -0.05) is 0 Å². The molecule has 2 rings (SSSR count). The van der Waals surface area contributed by atoms with E-state index in [4.69, 9.17) is 0 Å². The van der Waals surface area contributed by atoms with Gasteiger partial charge in [0, 0.05) is 37.3 Å². The third-order valence-electron chi connectivity index (χ3n) is 3.32. The lowest BCUT2D eigenvalue weighted by Crippen LogP contribution is -2.30. The largest absolute Gasteiger partial charge is 0.385 e. The number of benzene rings is 1. The van der Waals surface area contributed by atoms with Gasteiger partial charge in [0.25, 0.3) is 5.91 Å². The number of aryl methyl sites for hydroxylation is 1. The lowest BCUT2D eigenvalue weighted by atomic mass is 10.0. The van der Waals surface area contributed by atoms with Crippen LogP contribution in [0.4, 0.5) is 5.69 Å². The minimum atomic E-state index is -0.123. The van der Waals surface area contributed by atoms with E-state index >= 15 is 0 Å². The third kappa shape index (κ3) is 3.73. The highest BCUT2D eigenvalue weighted by atomic mass is 16.2. The topological polar surface area (TPSA) is 70.2 Å². The Morgan fingerprint density at radius 1 is 1.30 bits per heavy atom. The van der Waals surface area contributed by atoms with Crippen molar-refractivity contribution in [2.75, 3.05) is 25.0 Å². The van der Waals surface area contributed by atoms with Crippen LogP contribution in [0, 0.1) is 0 Å². The van der Waals surface area contributed by atoms with Crippen LogP contribution in [0.25, 0.3) is 0 Å². The maximum Gasteiger partial charge on any atom is 0.251 e. The highest BCUT2D eigenvalue weighted by molar-refractivity contribution is 5.95. The maximum absolute atomic E-state index is 12.0. The van der Waals surface area contributed by atoms with E-state index in [9.17, 15) is 9.59 Å². The van der Waals surface area contributed by atoms with Crippen LogP contribution in [0.5, 0.6) is 0 Å². The van der Waals surface area contributed by atoms with Gasteiger partial charge in [-0.3, -0.25) is 9.59 Å². The van der Waals surface area contributed by atoms with Crippen molar-refractivity contribution in [2.45, 2.75) is 26.2 Å². The van der Waals surface area contributed by atoms with E-state index < -0.39 is 0 Å². The van der Waals surface area contributed by atoms with Crippen LogP contribution in [0.2, 0.25) is 0 Å². The fourth-order valence-corrected chi connectivity index (χ4v) is 2.29. The zero-order chi connectivity index (χ0) is 14.4. The minimum Gasteiger partial charge on any atom is -0.385 e. The van der Waals surface area contributed by atoms with Crippen LogP contribution in [0.15, 0.2) is 18.2 Å². The fraction of sp³-hybridized carbons (Fsp3) is 0.467. The number of hydrogen-bond acceptors (Lipinski definition) is 3. The number of nitrogens with one attached hydrogen (secondary N) is 3. The van der Waals surface area contributed by atoms with E-state index in [1.54, 1.807) is 0 Å². The number of carbonyl (C=O) groups excluding carboxylic acids is 2. The van der Waals surface area contributed by atoms with E-state index in [0.717, 1.165) is 25.1 Å². The molecule has 20 heavy (non-hydrogen) atoms. The van der Waals surface area contributed by atoms with Crippen molar-refractivity contribution in [3.05, 3.63) is 29.3 Å². The van der Waals surface area contributed by atoms with Crippen LogP contribution in [0.1, 0.15) is 35.7 Å². The Hall–Kier alpha value is -2.04. The average Bonchev–Trinajstić information content (AvgIpc) is 2.47. The van der Waals surface area contributed by atoms with Crippen LogP contribution in [-0.2, 0) is 11.2 Å². The molecule has 108 valence electrons. The molecule has 3 N–H and O–H groups in total. The Bertz CT molecular complexity index is 500. The molecule has 0 fully saturated rings. The Morgan fingerprint density at radius 2 is 2.15 bits per heavy atom. The third-order valence-corrected chi connectivity index (χ3v) is 3.32. The Labute approximate surface area is 119 Å². The molecule has 2 amide bonds. The lowest BCUT2D eigenvalue weighted by Gasteiger charge is -2.18. The van der Waals surface area contributed by atoms with Crippen molar-refractivity contribution >= 4 is 17.5 Å². The summed E-state index contributed by atoms with van der Waals surface area (Å²) >= 11 is 0. The van der Waals surface area contributed by atoms with Gasteiger partial charge in [0.1, 0.15) is 0 Å². The molecule has 0 unspecified atom stereocenters. The van der Waals surface area contributed by atoms with E-state index in [0.29, 0.717) is 25.1 Å². The van der Waals surface area contributed by atoms with Gasteiger partial charge in [0.05, 0.1) is 0 Å². The summed E-state index contributed by atoms with van der Waals surface area (Å²) in [4.78, 5) is 23.3. The first-order valence-electron chi connectivity index (χ1n) is 7.12. The number of carbonyl (C=O) groups is 2. The summed E-state index contributed by atoms with van der Waals surface area (Å²) in [5.41, 5.74) is 2.96. The number of fused-ring (bicyclic) bond motifs is 1. The number of hydrogen-bond donors (Lipinski definition) is 3. The van der Waals surface area contributed by atoms with Crippen molar-refractivity contribution < 1.29 is 9.59 Å². The first-order valence-corrected chi connectivity index (χ1v) is 7.12. The SMILES string of the molecule is CCNC(=O)CCNC(=O)c1ccc2c(c1)CCCN2. The van der Waals surface area contributed by atoms with E-state index in [1.807, 2.05) is 25.1 Å². The predicted octanol–water partition coefficient (Wildman–Crippen LogP) is 1.30. The molecule has 0 saturated carbocycles. The summed E-state index contributed by atoms with van der Waals surface area (Å²) in [6.07, 6.45) is 2.41. The lowest BCUT2D eigenvalue weighted by molar-refractivity contribution is -0.120. The van der Waals surface area contributed by atoms with Crippen molar-refractivity contribution in [3.8, 4) is 0 Å². The molecular formula is C15H21N3O2. The van der Waals surface area contributed by atoms with Crippen molar-refractivity contribution in [1.82, 2.24) is 10.6 Å². The van der Waals surface area contributed by atoms with E-state index in [2.05, 4.69) is 16.0 Å². The number of rotatable bonds is 5. The molecular weight excluding hydrogens is 254 g/mol. The van der Waals surface area contributed by atoms with Gasteiger partial charge in [0.15, 0.2) is 0 Å². The normalized spacial score (nSPS) is 13.1. The first kappa shape index (κ1) is 14.4. The van der Waals surface area contributed by atoms with Gasteiger partial charge in [-0.25, -0.2) is 0 Å². The van der Waals surface area contributed by atoms with Gasteiger partial charge in [-0.15, -0.1) is 0 Å². The highest BCUT2D eigenvalue weighted by Gasteiger charge is 2.12. The molecule has 1 aromatic rings. The zero-order valence-corrected chi connectivity index (χ0v) is 11.8. The molecule has 1 aliphatic heterocycles. The Morgan fingerprint density at radius 3 is 2.95 bits per heavy atom. The molecule has 1 aliphatic rings. The van der Waals surface area contributed by atoms with Crippen LogP contribution < -0.4 is 16.0 Å². The van der Waals surface area contributed by atoms with Crippen molar-refractivity contribution in [3.63, 3.8) is 0 Å². The molecule has 1 heterocycles. The molecule has 0 aliphatic carbocycles. The van der Waals surface area contributed by atoms with Crippen molar-refractivity contribution in [1.29, 1.82) is 0 Å². The smallest absolute Gasteiger partial charge is 0.251 e. The summed E-state index contributed by atoms with van der Waals surface area (Å²) < 4.78 is 0. The molecule has 0 saturated heterocycles. The van der Waals surface area contributed by atoms with Crippen LogP contribution in [-0.4, -0.2) is 31.4 Å². The summed E-state index contributed by atoms with van der Waals surface area (Å²) in [6, 6.07) is 5.70. The Balaban J connectivity index is 1.88. The highest BCUT2D eigenvalue weighted by Crippen LogP contribution is 2.22. The molecule has 5 nitrogen and oxygen atoms in total. The molecule has 5 heteroatoms. The van der Waals surface area contributed by atoms with Crippen molar-refractivity contribution in [2.24, 2.45) is 0 Å². The van der Waals surface area contributed by atoms with Gasteiger partial charge < -0.3 is 16.0 Å². The number of anilines is 1. The standard InChI is InChI=1S/C15H21N3O2/c1-2-16-14(19)7-9-18-15(20)12-5-6-13-11(10-12)4-3-8-17-13/h5-6,10,17H,2-4,7-9H2,1H3,(H,16,19)(H,18,20). The summed E-state index contributed by atoms with van der Waals surface area (Å²) in [7, 11) is 0. The molecule has 0 radical (unpaired) electrons.